The first-order valence-electron chi connectivity index (χ1n) is 20.5. The van der Waals surface area contributed by atoms with Crippen LogP contribution < -0.4 is 19.8 Å². The van der Waals surface area contributed by atoms with Crippen LogP contribution in [0.1, 0.15) is 82.9 Å². The maximum absolute atomic E-state index is 13.3. The molecule has 297 valence electrons. The number of hydrogen-bond donors (Lipinski definition) is 2. The molecule has 0 spiro atoms. The van der Waals surface area contributed by atoms with Crippen LogP contribution in [0, 0.1) is 5.92 Å². The summed E-state index contributed by atoms with van der Waals surface area (Å²) in [6.45, 7) is 9.06. The third kappa shape index (κ3) is 8.17. The number of fused-ring (bicyclic) bond motifs is 1. The Hall–Kier alpha value is -5.72. The molecule has 1 atom stereocenters. The Labute approximate surface area is 340 Å². The van der Waals surface area contributed by atoms with Gasteiger partial charge in [0.05, 0.1) is 11.1 Å². The molecule has 4 aliphatic heterocycles. The highest BCUT2D eigenvalue weighted by molar-refractivity contribution is 6.23. The van der Waals surface area contributed by atoms with Gasteiger partial charge in [-0.05, 0) is 115 Å². The molecule has 1 unspecified atom stereocenters. The van der Waals surface area contributed by atoms with Crippen LogP contribution in [0.3, 0.4) is 0 Å². The van der Waals surface area contributed by atoms with E-state index < -0.39 is 23.8 Å². The standard InChI is InChI=1S/C46H49BN5O6/c1-2-38(32-6-4-3-5-7-32)43(34-10-15-37(16-11-34)58-47-57)33-8-12-35(13-9-33)51-28-26-49(27-29-51)23-20-31-21-24-50(25-22-31)36-14-17-39-40(30-36)46(56)52(45(39)55)41-18-19-42(53)48-44(41)54/h3-17,30-31,41,57H,2,18-29H2,1H3,(H,48,53,54)/b43-38-. The van der Waals surface area contributed by atoms with E-state index in [9.17, 15) is 19.2 Å². The van der Waals surface area contributed by atoms with Crippen molar-refractivity contribution in [2.24, 2.45) is 5.92 Å². The fourth-order valence-electron chi connectivity index (χ4n) is 9.01. The second-order valence-corrected chi connectivity index (χ2v) is 15.6. The predicted octanol–water partition coefficient (Wildman–Crippen LogP) is 5.79. The van der Waals surface area contributed by atoms with Gasteiger partial charge < -0.3 is 19.5 Å². The molecular formula is C46H49BN5O6. The quantitative estimate of drug-likeness (QED) is 0.105. The number of allylic oxidation sites excluding steroid dienone is 1. The van der Waals surface area contributed by atoms with E-state index in [1.807, 2.05) is 36.4 Å². The van der Waals surface area contributed by atoms with Crippen molar-refractivity contribution in [3.8, 4) is 5.75 Å². The summed E-state index contributed by atoms with van der Waals surface area (Å²) in [4.78, 5) is 59.0. The van der Waals surface area contributed by atoms with E-state index in [4.69, 9.17) is 9.68 Å². The zero-order chi connectivity index (χ0) is 40.2. The number of anilines is 2. The number of carbonyl (C=O) groups is 4. The molecule has 4 aliphatic rings. The van der Waals surface area contributed by atoms with Crippen LogP contribution >= 0.6 is 0 Å². The lowest BCUT2D eigenvalue weighted by Gasteiger charge is -2.38. The summed E-state index contributed by atoms with van der Waals surface area (Å²) >= 11 is 0. The molecule has 4 aromatic carbocycles. The molecule has 0 bridgehead atoms. The molecule has 2 N–H and O–H groups in total. The Kier molecular flexibility index (Phi) is 11.7. The number of piperidine rings is 2. The SMILES string of the molecule is CC/C(=C(/c1ccc(O[B]O)cc1)c1ccc(N2CCN(CCC3CCN(c4ccc5c(c4)C(=O)N(C4CCC(=O)NC4=O)C5=O)CC3)CC2)cc1)c1ccccc1. The molecule has 1 radical (unpaired) electrons. The molecule has 58 heavy (non-hydrogen) atoms. The predicted molar refractivity (Wildman–Crippen MR) is 225 cm³/mol. The third-order valence-corrected chi connectivity index (χ3v) is 12.3. The maximum atomic E-state index is 13.3. The molecule has 3 fully saturated rings. The summed E-state index contributed by atoms with van der Waals surface area (Å²) in [5, 5.41) is 11.4. The Morgan fingerprint density at radius 1 is 0.724 bits per heavy atom. The van der Waals surface area contributed by atoms with E-state index in [0.29, 0.717) is 30.5 Å². The minimum absolute atomic E-state index is 0.103. The molecule has 3 saturated heterocycles. The number of hydrogen-bond acceptors (Lipinski definition) is 9. The van der Waals surface area contributed by atoms with Crippen LogP contribution in [-0.4, -0.2) is 98.0 Å². The summed E-state index contributed by atoms with van der Waals surface area (Å²) in [7, 11) is 0.703. The topological polar surface area (TPSA) is 123 Å². The van der Waals surface area contributed by atoms with Crippen molar-refractivity contribution >= 4 is 53.8 Å². The van der Waals surface area contributed by atoms with Gasteiger partial charge in [0.1, 0.15) is 11.8 Å². The minimum atomic E-state index is -0.959. The first-order chi connectivity index (χ1) is 28.3. The van der Waals surface area contributed by atoms with Gasteiger partial charge in [-0.25, -0.2) is 0 Å². The fraction of sp³-hybridized carbons (Fsp3) is 0.348. The number of nitrogens with zero attached hydrogens (tertiary/aromatic N) is 4. The van der Waals surface area contributed by atoms with Crippen LogP contribution in [0.15, 0.2) is 97.1 Å². The van der Waals surface area contributed by atoms with Gasteiger partial charge in [0.2, 0.25) is 11.8 Å². The van der Waals surface area contributed by atoms with Gasteiger partial charge in [0.15, 0.2) is 0 Å². The smallest absolute Gasteiger partial charge is 0.537 e. The molecule has 4 heterocycles. The number of benzene rings is 4. The van der Waals surface area contributed by atoms with Crippen molar-refractivity contribution in [1.82, 2.24) is 15.1 Å². The van der Waals surface area contributed by atoms with Gasteiger partial charge >= 0.3 is 7.69 Å². The van der Waals surface area contributed by atoms with Crippen molar-refractivity contribution in [3.05, 3.63) is 125 Å². The van der Waals surface area contributed by atoms with Crippen molar-refractivity contribution in [1.29, 1.82) is 0 Å². The van der Waals surface area contributed by atoms with Crippen LogP contribution in [0.25, 0.3) is 11.1 Å². The largest absolute Gasteiger partial charge is 0.569 e. The lowest BCUT2D eigenvalue weighted by Crippen LogP contribution is -2.54. The van der Waals surface area contributed by atoms with Crippen LogP contribution in [0.2, 0.25) is 0 Å². The van der Waals surface area contributed by atoms with Crippen LogP contribution in [-0.2, 0) is 9.59 Å². The summed E-state index contributed by atoms with van der Waals surface area (Å²) in [5.41, 5.74) is 8.71. The van der Waals surface area contributed by atoms with Gasteiger partial charge in [-0.15, -0.1) is 0 Å². The second kappa shape index (κ2) is 17.4. The van der Waals surface area contributed by atoms with Crippen molar-refractivity contribution in [2.75, 3.05) is 55.6 Å². The average molecular weight is 779 g/mol. The minimum Gasteiger partial charge on any atom is -0.537 e. The van der Waals surface area contributed by atoms with Gasteiger partial charge in [-0.2, -0.15) is 0 Å². The highest BCUT2D eigenvalue weighted by atomic mass is 16.5. The van der Waals surface area contributed by atoms with Gasteiger partial charge in [0, 0.05) is 57.1 Å². The molecule has 0 saturated carbocycles. The average Bonchev–Trinajstić information content (AvgIpc) is 3.51. The Morgan fingerprint density at radius 2 is 1.36 bits per heavy atom. The number of rotatable bonds is 12. The van der Waals surface area contributed by atoms with Crippen LogP contribution in [0.4, 0.5) is 11.4 Å². The molecule has 11 nitrogen and oxygen atoms in total. The van der Waals surface area contributed by atoms with E-state index >= 15 is 0 Å². The normalized spacial score (nSPS) is 19.6. The Balaban J connectivity index is 0.837. The van der Waals surface area contributed by atoms with E-state index in [0.717, 1.165) is 93.2 Å². The number of carbonyl (C=O) groups excluding carboxylic acids is 4. The molecule has 0 aromatic heterocycles. The van der Waals surface area contributed by atoms with Crippen LogP contribution in [0.5, 0.6) is 5.75 Å². The van der Waals surface area contributed by atoms with Crippen molar-refractivity contribution in [2.45, 2.75) is 51.5 Å². The molecule has 4 amide bonds. The monoisotopic (exact) mass is 778 g/mol. The molecule has 12 heteroatoms. The third-order valence-electron chi connectivity index (χ3n) is 12.3. The lowest BCUT2D eigenvalue weighted by atomic mass is 9.88. The first kappa shape index (κ1) is 39.1. The lowest BCUT2D eigenvalue weighted by molar-refractivity contribution is -0.136. The molecule has 8 rings (SSSR count). The maximum Gasteiger partial charge on any atom is 0.569 e. The van der Waals surface area contributed by atoms with E-state index in [-0.39, 0.29) is 18.7 Å². The van der Waals surface area contributed by atoms with E-state index in [2.05, 4.69) is 75.5 Å². The van der Waals surface area contributed by atoms with Crippen molar-refractivity contribution in [3.63, 3.8) is 0 Å². The number of nitrogens with one attached hydrogen (secondary N) is 1. The number of amides is 4. The summed E-state index contributed by atoms with van der Waals surface area (Å²) < 4.78 is 5.18. The van der Waals surface area contributed by atoms with Gasteiger partial charge in [-0.1, -0.05) is 61.5 Å². The summed E-state index contributed by atoms with van der Waals surface area (Å²) in [6.07, 6.45) is 4.42. The first-order valence-corrected chi connectivity index (χ1v) is 20.5. The highest BCUT2D eigenvalue weighted by Gasteiger charge is 2.45. The van der Waals surface area contributed by atoms with E-state index in [1.54, 1.807) is 12.1 Å². The molecule has 0 aliphatic carbocycles. The highest BCUT2D eigenvalue weighted by Crippen LogP contribution is 2.37. The summed E-state index contributed by atoms with van der Waals surface area (Å²) in [6, 6.07) is 31.8. The number of imide groups is 2. The zero-order valence-electron chi connectivity index (χ0n) is 32.9. The Bertz CT molecular complexity index is 2180. The molecule has 4 aromatic rings. The van der Waals surface area contributed by atoms with Gasteiger partial charge in [-0.3, -0.25) is 34.3 Å². The zero-order valence-corrected chi connectivity index (χ0v) is 32.9. The molecular weight excluding hydrogens is 729 g/mol. The summed E-state index contributed by atoms with van der Waals surface area (Å²) in [5.74, 6) is -0.704. The Morgan fingerprint density at radius 3 is 2.02 bits per heavy atom. The van der Waals surface area contributed by atoms with Crippen molar-refractivity contribution < 1.29 is 28.9 Å². The van der Waals surface area contributed by atoms with Gasteiger partial charge in [0.25, 0.3) is 11.8 Å². The number of piperazine rings is 1. The second-order valence-electron chi connectivity index (χ2n) is 15.6. The fourth-order valence-corrected chi connectivity index (χ4v) is 9.01. The van der Waals surface area contributed by atoms with E-state index in [1.165, 1.54) is 22.4 Å².